The first-order valence-electron chi connectivity index (χ1n) is 9.87. The van der Waals surface area contributed by atoms with E-state index in [2.05, 4.69) is 17.2 Å². The maximum absolute atomic E-state index is 14.1. The van der Waals surface area contributed by atoms with Gasteiger partial charge in [-0.1, -0.05) is 19.8 Å². The van der Waals surface area contributed by atoms with Crippen molar-refractivity contribution in [2.24, 2.45) is 17.6 Å². The first-order valence-corrected chi connectivity index (χ1v) is 9.87. The second-order valence-corrected chi connectivity index (χ2v) is 8.12. The van der Waals surface area contributed by atoms with Gasteiger partial charge in [0.15, 0.2) is 0 Å². The lowest BCUT2D eigenvalue weighted by molar-refractivity contribution is -0.149. The molecule has 2 heterocycles. The standard InChI is InChI=1S/C19H25F4N5O2/c1-10-2-4-11(5-3-10)16(24)17(29)27-15-6-12(13(20)7-25-15)8-28-9-14(19(21,22)23)26-18(28)30/h6-7,10-11,14,16H,2-5,8-9,24H2,1H3,(H,26,30)(H,25,27,29)/t10?,11?,14-,16?/m0/s1. The third-order valence-electron chi connectivity index (χ3n) is 5.80. The van der Waals surface area contributed by atoms with Crippen LogP contribution < -0.4 is 16.4 Å². The van der Waals surface area contributed by atoms with Crippen LogP contribution in [0.5, 0.6) is 0 Å². The van der Waals surface area contributed by atoms with Gasteiger partial charge in [0.25, 0.3) is 0 Å². The van der Waals surface area contributed by atoms with Gasteiger partial charge in [-0.3, -0.25) is 4.79 Å². The Kier molecular flexibility index (Phi) is 6.49. The maximum atomic E-state index is 14.1. The van der Waals surface area contributed by atoms with E-state index in [1.165, 1.54) is 6.07 Å². The molecule has 30 heavy (non-hydrogen) atoms. The second kappa shape index (κ2) is 8.75. The van der Waals surface area contributed by atoms with Crippen molar-refractivity contribution < 1.29 is 27.2 Å². The van der Waals surface area contributed by atoms with Crippen molar-refractivity contribution in [3.05, 3.63) is 23.6 Å². The quantitative estimate of drug-likeness (QED) is 0.624. The topological polar surface area (TPSA) is 100 Å². The van der Waals surface area contributed by atoms with Crippen LogP contribution in [0.15, 0.2) is 12.3 Å². The van der Waals surface area contributed by atoms with E-state index in [-0.39, 0.29) is 23.8 Å². The molecule has 1 saturated carbocycles. The molecule has 1 aromatic rings. The monoisotopic (exact) mass is 431 g/mol. The highest BCUT2D eigenvalue weighted by molar-refractivity contribution is 5.94. The zero-order valence-corrected chi connectivity index (χ0v) is 16.5. The molecule has 7 nitrogen and oxygen atoms in total. The normalized spacial score (nSPS) is 25.7. The highest BCUT2D eigenvalue weighted by Gasteiger charge is 2.46. The maximum Gasteiger partial charge on any atom is 0.410 e. The Bertz CT molecular complexity index is 796. The van der Waals surface area contributed by atoms with Gasteiger partial charge in [-0.2, -0.15) is 13.2 Å². The van der Waals surface area contributed by atoms with Crippen LogP contribution in [0.2, 0.25) is 0 Å². The Morgan fingerprint density at radius 3 is 2.63 bits per heavy atom. The fraction of sp³-hybridized carbons (Fsp3) is 0.632. The minimum absolute atomic E-state index is 0.0306. The molecule has 1 saturated heterocycles. The molecule has 2 atom stereocenters. The minimum Gasteiger partial charge on any atom is -0.324 e. The number of rotatable bonds is 5. The number of carbonyl (C=O) groups excluding carboxylic acids is 2. The number of alkyl halides is 3. The van der Waals surface area contributed by atoms with Crippen LogP contribution in [0.3, 0.4) is 0 Å². The predicted molar refractivity (Wildman–Crippen MR) is 101 cm³/mol. The first kappa shape index (κ1) is 22.3. The molecule has 0 spiro atoms. The molecule has 1 aliphatic heterocycles. The van der Waals surface area contributed by atoms with E-state index < -0.39 is 42.6 Å². The Hall–Kier alpha value is -2.43. The average molecular weight is 431 g/mol. The van der Waals surface area contributed by atoms with Crippen LogP contribution in [0.25, 0.3) is 0 Å². The van der Waals surface area contributed by atoms with Gasteiger partial charge in [0, 0.05) is 5.56 Å². The van der Waals surface area contributed by atoms with Crippen molar-refractivity contribution in [1.29, 1.82) is 0 Å². The summed E-state index contributed by atoms with van der Waals surface area (Å²) in [5.74, 6) is -0.549. The number of hydrogen-bond donors (Lipinski definition) is 3. The van der Waals surface area contributed by atoms with Crippen LogP contribution in [0.4, 0.5) is 28.2 Å². The molecule has 1 aliphatic carbocycles. The van der Waals surface area contributed by atoms with E-state index in [0.29, 0.717) is 5.92 Å². The number of anilines is 1. The summed E-state index contributed by atoms with van der Waals surface area (Å²) in [7, 11) is 0. The first-order chi connectivity index (χ1) is 14.0. The number of halogens is 4. The summed E-state index contributed by atoms with van der Waals surface area (Å²) in [6.45, 7) is 1.14. The lowest BCUT2D eigenvalue weighted by atomic mass is 9.79. The van der Waals surface area contributed by atoms with Crippen molar-refractivity contribution >= 4 is 17.8 Å². The number of aromatic nitrogens is 1. The van der Waals surface area contributed by atoms with E-state index >= 15 is 0 Å². The molecule has 2 fully saturated rings. The SMILES string of the molecule is CC1CCC(C(N)C(=O)Nc2cc(CN3C[C@@H](C(F)(F)F)NC3=O)c(F)cn2)CC1. The number of nitrogens with one attached hydrogen (secondary N) is 2. The van der Waals surface area contributed by atoms with Gasteiger partial charge in [-0.05, 0) is 30.7 Å². The molecule has 1 unspecified atom stereocenters. The van der Waals surface area contributed by atoms with Crippen molar-refractivity contribution in [2.75, 3.05) is 11.9 Å². The largest absolute Gasteiger partial charge is 0.410 e. The molecule has 11 heteroatoms. The van der Waals surface area contributed by atoms with Gasteiger partial charge >= 0.3 is 12.2 Å². The van der Waals surface area contributed by atoms with Crippen LogP contribution in [-0.4, -0.2) is 46.6 Å². The molecule has 0 radical (unpaired) electrons. The van der Waals surface area contributed by atoms with Crippen LogP contribution in [0.1, 0.15) is 38.2 Å². The average Bonchev–Trinajstić information content (AvgIpc) is 3.05. The van der Waals surface area contributed by atoms with Gasteiger partial charge < -0.3 is 21.3 Å². The highest BCUT2D eigenvalue weighted by Crippen LogP contribution is 2.30. The number of hydrogen-bond acceptors (Lipinski definition) is 4. The molecule has 3 rings (SSSR count). The van der Waals surface area contributed by atoms with E-state index in [1.54, 1.807) is 0 Å². The summed E-state index contributed by atoms with van der Waals surface area (Å²) in [6.07, 6.45) is -0.0330. The Morgan fingerprint density at radius 1 is 1.37 bits per heavy atom. The van der Waals surface area contributed by atoms with Crippen LogP contribution in [0, 0.1) is 17.7 Å². The Labute approximate surface area is 171 Å². The molecule has 2 aliphatic rings. The molecular formula is C19H25F4N5O2. The van der Waals surface area contributed by atoms with E-state index in [4.69, 9.17) is 5.73 Å². The fourth-order valence-electron chi connectivity index (χ4n) is 3.86. The van der Waals surface area contributed by atoms with E-state index in [0.717, 1.165) is 36.8 Å². The molecular weight excluding hydrogens is 406 g/mol. The van der Waals surface area contributed by atoms with Gasteiger partial charge in [0.2, 0.25) is 5.91 Å². The molecule has 0 bridgehead atoms. The molecule has 0 aromatic carbocycles. The number of amides is 3. The van der Waals surface area contributed by atoms with Gasteiger partial charge in [0.05, 0.1) is 25.3 Å². The van der Waals surface area contributed by atoms with Crippen molar-refractivity contribution in [3.63, 3.8) is 0 Å². The summed E-state index contributed by atoms with van der Waals surface area (Å²) in [6, 6.07) is -2.47. The van der Waals surface area contributed by atoms with Crippen LogP contribution in [-0.2, 0) is 11.3 Å². The smallest absolute Gasteiger partial charge is 0.324 e. The zero-order valence-electron chi connectivity index (χ0n) is 16.5. The summed E-state index contributed by atoms with van der Waals surface area (Å²) in [5.41, 5.74) is 6.02. The highest BCUT2D eigenvalue weighted by atomic mass is 19.4. The third-order valence-corrected chi connectivity index (χ3v) is 5.80. The summed E-state index contributed by atoms with van der Waals surface area (Å²) in [4.78, 5) is 28.9. The van der Waals surface area contributed by atoms with Crippen molar-refractivity contribution in [2.45, 2.75) is 57.4 Å². The predicted octanol–water partition coefficient (Wildman–Crippen LogP) is 2.77. The van der Waals surface area contributed by atoms with Gasteiger partial charge in [-0.15, -0.1) is 0 Å². The fourth-order valence-corrected chi connectivity index (χ4v) is 3.86. The number of nitrogens with zero attached hydrogens (tertiary/aromatic N) is 2. The lowest BCUT2D eigenvalue weighted by Crippen LogP contribution is -2.43. The summed E-state index contributed by atoms with van der Waals surface area (Å²) in [5, 5.41) is 4.37. The van der Waals surface area contributed by atoms with Gasteiger partial charge in [0.1, 0.15) is 17.7 Å². The number of nitrogens with two attached hydrogens (primary N) is 1. The molecule has 166 valence electrons. The number of urea groups is 1. The summed E-state index contributed by atoms with van der Waals surface area (Å²) >= 11 is 0. The van der Waals surface area contributed by atoms with Crippen molar-refractivity contribution in [3.8, 4) is 0 Å². The molecule has 3 amide bonds. The summed E-state index contributed by atoms with van der Waals surface area (Å²) < 4.78 is 52.5. The molecule has 4 N–H and O–H groups in total. The number of carbonyl (C=O) groups is 2. The number of pyridine rings is 1. The third kappa shape index (κ3) is 5.18. The van der Waals surface area contributed by atoms with E-state index in [9.17, 15) is 27.2 Å². The molecule has 1 aromatic heterocycles. The van der Waals surface area contributed by atoms with Crippen LogP contribution >= 0.6 is 0 Å². The second-order valence-electron chi connectivity index (χ2n) is 8.12. The Morgan fingerprint density at radius 2 is 2.03 bits per heavy atom. The lowest BCUT2D eigenvalue weighted by Gasteiger charge is -2.29. The van der Waals surface area contributed by atoms with Gasteiger partial charge in [-0.25, -0.2) is 14.2 Å². The van der Waals surface area contributed by atoms with E-state index in [1.807, 2.05) is 5.32 Å². The van der Waals surface area contributed by atoms with Crippen molar-refractivity contribution in [1.82, 2.24) is 15.2 Å². The minimum atomic E-state index is -4.59. The Balaban J connectivity index is 1.64. The zero-order chi connectivity index (χ0) is 22.1.